The first-order valence-electron chi connectivity index (χ1n) is 6.72. The van der Waals surface area contributed by atoms with E-state index in [0.717, 1.165) is 6.04 Å². The number of thioether (sulfide) groups is 1. The van der Waals surface area contributed by atoms with Crippen LogP contribution in [-0.4, -0.2) is 47.6 Å². The minimum absolute atomic E-state index is 0.601. The van der Waals surface area contributed by atoms with Crippen molar-refractivity contribution >= 4 is 11.8 Å². The predicted octanol–water partition coefficient (Wildman–Crippen LogP) is 2.34. The lowest BCUT2D eigenvalue weighted by Crippen LogP contribution is -2.59. The molecule has 1 aliphatic heterocycles. The van der Waals surface area contributed by atoms with Gasteiger partial charge >= 0.3 is 0 Å². The molecule has 0 spiro atoms. The zero-order chi connectivity index (χ0) is 11.6. The average molecular weight is 242 g/mol. The molecule has 1 saturated carbocycles. The lowest BCUT2D eigenvalue weighted by molar-refractivity contribution is 0.108. The first-order valence-corrected chi connectivity index (χ1v) is 7.94. The molecule has 94 valence electrons. The van der Waals surface area contributed by atoms with Gasteiger partial charge in [-0.15, -0.1) is 0 Å². The number of nitrogens with one attached hydrogen (secondary N) is 1. The van der Waals surface area contributed by atoms with Crippen LogP contribution in [0.15, 0.2) is 0 Å². The Morgan fingerprint density at radius 3 is 2.69 bits per heavy atom. The van der Waals surface area contributed by atoms with Gasteiger partial charge in [0.15, 0.2) is 0 Å². The average Bonchev–Trinajstić information content (AvgIpc) is 2.26. The molecule has 2 aliphatic rings. The van der Waals surface area contributed by atoms with Gasteiger partial charge in [0.25, 0.3) is 0 Å². The Hall–Kier alpha value is 0.270. The molecule has 0 aromatic heterocycles. The van der Waals surface area contributed by atoms with E-state index in [-0.39, 0.29) is 0 Å². The number of piperazine rings is 1. The summed E-state index contributed by atoms with van der Waals surface area (Å²) in [4.78, 5) is 2.72. The maximum atomic E-state index is 3.64. The second-order valence-electron chi connectivity index (χ2n) is 5.53. The number of nitrogens with zero attached hydrogens (tertiary/aromatic N) is 1. The van der Waals surface area contributed by atoms with Crippen molar-refractivity contribution in [2.75, 3.05) is 25.9 Å². The lowest BCUT2D eigenvalue weighted by Gasteiger charge is -2.48. The SMILES string of the molecule is CCC1CN(CC2(SC)CCC2)C(C)CN1. The molecule has 1 heterocycles. The van der Waals surface area contributed by atoms with Gasteiger partial charge in [-0.1, -0.05) is 13.3 Å². The topological polar surface area (TPSA) is 15.3 Å². The molecule has 0 aromatic carbocycles. The summed E-state index contributed by atoms with van der Waals surface area (Å²) in [6.45, 7) is 8.39. The first-order chi connectivity index (χ1) is 7.69. The highest BCUT2D eigenvalue weighted by Gasteiger charge is 2.39. The van der Waals surface area contributed by atoms with Crippen LogP contribution in [0.5, 0.6) is 0 Å². The molecule has 2 rings (SSSR count). The zero-order valence-corrected chi connectivity index (χ0v) is 11.8. The van der Waals surface area contributed by atoms with E-state index >= 15 is 0 Å². The molecule has 0 aromatic rings. The molecule has 0 bridgehead atoms. The van der Waals surface area contributed by atoms with Gasteiger partial charge in [0.2, 0.25) is 0 Å². The maximum absolute atomic E-state index is 3.64. The molecule has 0 amide bonds. The highest BCUT2D eigenvalue weighted by molar-refractivity contribution is 8.00. The number of hydrogen-bond acceptors (Lipinski definition) is 3. The summed E-state index contributed by atoms with van der Waals surface area (Å²) in [6, 6.07) is 1.43. The van der Waals surface area contributed by atoms with Crippen molar-refractivity contribution in [1.82, 2.24) is 10.2 Å². The van der Waals surface area contributed by atoms with Crippen LogP contribution in [0.2, 0.25) is 0 Å². The van der Waals surface area contributed by atoms with Crippen molar-refractivity contribution in [3.63, 3.8) is 0 Å². The third kappa shape index (κ3) is 2.57. The Labute approximate surface area is 105 Å². The molecular formula is C13H26N2S. The van der Waals surface area contributed by atoms with Crippen LogP contribution >= 0.6 is 11.8 Å². The van der Waals surface area contributed by atoms with E-state index in [4.69, 9.17) is 0 Å². The van der Waals surface area contributed by atoms with Gasteiger partial charge in [0, 0.05) is 36.5 Å². The Morgan fingerprint density at radius 1 is 1.44 bits per heavy atom. The van der Waals surface area contributed by atoms with Crippen LogP contribution in [0.25, 0.3) is 0 Å². The van der Waals surface area contributed by atoms with Crippen molar-refractivity contribution < 1.29 is 0 Å². The fraction of sp³-hybridized carbons (Fsp3) is 1.00. The summed E-state index contributed by atoms with van der Waals surface area (Å²) in [5.74, 6) is 0. The molecule has 2 fully saturated rings. The zero-order valence-electron chi connectivity index (χ0n) is 11.0. The molecule has 2 unspecified atom stereocenters. The minimum atomic E-state index is 0.601. The fourth-order valence-electron chi connectivity index (χ4n) is 2.86. The van der Waals surface area contributed by atoms with Gasteiger partial charge in [-0.25, -0.2) is 0 Å². The van der Waals surface area contributed by atoms with Gasteiger partial charge in [0.05, 0.1) is 0 Å². The van der Waals surface area contributed by atoms with Crippen LogP contribution in [0, 0.1) is 0 Å². The smallest absolute Gasteiger partial charge is 0.0284 e. The van der Waals surface area contributed by atoms with Crippen molar-refractivity contribution in [3.05, 3.63) is 0 Å². The van der Waals surface area contributed by atoms with Crippen molar-refractivity contribution in [3.8, 4) is 0 Å². The van der Waals surface area contributed by atoms with Gasteiger partial charge in [0.1, 0.15) is 0 Å². The summed E-state index contributed by atoms with van der Waals surface area (Å²) < 4.78 is 0.601. The molecule has 0 radical (unpaired) electrons. The summed E-state index contributed by atoms with van der Waals surface area (Å²) in [6.07, 6.45) is 7.86. The van der Waals surface area contributed by atoms with Crippen LogP contribution in [0.3, 0.4) is 0 Å². The van der Waals surface area contributed by atoms with E-state index in [1.54, 1.807) is 0 Å². The van der Waals surface area contributed by atoms with Gasteiger partial charge in [-0.2, -0.15) is 11.8 Å². The summed E-state index contributed by atoms with van der Waals surface area (Å²) in [7, 11) is 0. The van der Waals surface area contributed by atoms with E-state index < -0.39 is 0 Å². The van der Waals surface area contributed by atoms with Gasteiger partial charge in [-0.05, 0) is 32.4 Å². The Balaban J connectivity index is 1.91. The summed E-state index contributed by atoms with van der Waals surface area (Å²) in [5, 5.41) is 3.64. The minimum Gasteiger partial charge on any atom is -0.311 e. The molecule has 1 aliphatic carbocycles. The monoisotopic (exact) mass is 242 g/mol. The molecular weight excluding hydrogens is 216 g/mol. The molecule has 2 atom stereocenters. The highest BCUT2D eigenvalue weighted by Crippen LogP contribution is 2.43. The second-order valence-corrected chi connectivity index (χ2v) is 6.81. The van der Waals surface area contributed by atoms with Gasteiger partial charge in [-0.3, -0.25) is 4.90 Å². The Kier molecular flexibility index (Phi) is 4.20. The highest BCUT2D eigenvalue weighted by atomic mass is 32.2. The second kappa shape index (κ2) is 5.28. The van der Waals surface area contributed by atoms with Crippen LogP contribution in [0.1, 0.15) is 39.5 Å². The molecule has 1 N–H and O–H groups in total. The molecule has 16 heavy (non-hydrogen) atoms. The molecule has 2 nitrogen and oxygen atoms in total. The number of hydrogen-bond donors (Lipinski definition) is 1. The molecule has 3 heteroatoms. The normalized spacial score (nSPS) is 34.7. The first kappa shape index (κ1) is 12.7. The van der Waals surface area contributed by atoms with Crippen LogP contribution < -0.4 is 5.32 Å². The van der Waals surface area contributed by atoms with Crippen molar-refractivity contribution in [2.24, 2.45) is 0 Å². The van der Waals surface area contributed by atoms with E-state index in [1.165, 1.54) is 45.3 Å². The quantitative estimate of drug-likeness (QED) is 0.814. The van der Waals surface area contributed by atoms with Crippen LogP contribution in [-0.2, 0) is 0 Å². The van der Waals surface area contributed by atoms with E-state index in [0.29, 0.717) is 10.8 Å². The Morgan fingerprint density at radius 2 is 2.19 bits per heavy atom. The third-order valence-electron chi connectivity index (χ3n) is 4.46. The predicted molar refractivity (Wildman–Crippen MR) is 73.2 cm³/mol. The van der Waals surface area contributed by atoms with Crippen LogP contribution in [0.4, 0.5) is 0 Å². The fourth-order valence-corrected chi connectivity index (χ4v) is 3.85. The van der Waals surface area contributed by atoms with Crippen molar-refractivity contribution in [2.45, 2.75) is 56.4 Å². The lowest BCUT2D eigenvalue weighted by atomic mass is 9.83. The maximum Gasteiger partial charge on any atom is 0.0284 e. The van der Waals surface area contributed by atoms with E-state index in [2.05, 4.69) is 42.1 Å². The van der Waals surface area contributed by atoms with E-state index in [1.807, 2.05) is 0 Å². The third-order valence-corrected chi connectivity index (χ3v) is 5.87. The van der Waals surface area contributed by atoms with Crippen molar-refractivity contribution in [1.29, 1.82) is 0 Å². The van der Waals surface area contributed by atoms with Gasteiger partial charge < -0.3 is 5.32 Å². The largest absolute Gasteiger partial charge is 0.311 e. The standard InChI is InChI=1S/C13H26N2S/c1-4-12-9-15(11(2)8-14-12)10-13(16-3)6-5-7-13/h11-12,14H,4-10H2,1-3H3. The number of rotatable bonds is 4. The molecule has 1 saturated heterocycles. The Bertz CT molecular complexity index is 222. The summed E-state index contributed by atoms with van der Waals surface area (Å²) in [5.41, 5.74) is 0. The summed E-state index contributed by atoms with van der Waals surface area (Å²) >= 11 is 2.10. The van der Waals surface area contributed by atoms with E-state index in [9.17, 15) is 0 Å².